The minimum Gasteiger partial charge on any atom is -0.454 e. The van der Waals surface area contributed by atoms with Gasteiger partial charge >= 0.3 is 0 Å². The highest BCUT2D eigenvalue weighted by Gasteiger charge is 2.26. The van der Waals surface area contributed by atoms with Crippen LogP contribution in [0.25, 0.3) is 11.5 Å². The summed E-state index contributed by atoms with van der Waals surface area (Å²) in [5, 5.41) is 3.96. The van der Waals surface area contributed by atoms with E-state index in [0.717, 1.165) is 29.1 Å². The van der Waals surface area contributed by atoms with Gasteiger partial charge in [-0.2, -0.15) is 0 Å². The maximum Gasteiger partial charge on any atom is 0.231 e. The van der Waals surface area contributed by atoms with E-state index in [2.05, 4.69) is 29.1 Å². The largest absolute Gasteiger partial charge is 0.454 e. The van der Waals surface area contributed by atoms with Crippen molar-refractivity contribution in [3.05, 3.63) is 30.3 Å². The number of fused-ring (bicyclic) bond motifs is 2. The number of aromatic nitrogens is 3. The fraction of sp³-hybridized carbons (Fsp3) is 0.417. The second-order valence-corrected chi connectivity index (χ2v) is 9.45. The van der Waals surface area contributed by atoms with Crippen molar-refractivity contribution in [3.63, 3.8) is 0 Å². The lowest BCUT2D eigenvalue weighted by atomic mass is 9.96. The van der Waals surface area contributed by atoms with Gasteiger partial charge in [0.1, 0.15) is 36.1 Å². The van der Waals surface area contributed by atoms with Gasteiger partial charge in [-0.25, -0.2) is 15.0 Å². The summed E-state index contributed by atoms with van der Waals surface area (Å²) in [6, 6.07) is 3.75. The molecule has 184 valence electrons. The van der Waals surface area contributed by atoms with Gasteiger partial charge in [-0.05, 0) is 18.1 Å². The van der Waals surface area contributed by atoms with Crippen LogP contribution in [-0.2, 0) is 11.3 Å². The summed E-state index contributed by atoms with van der Waals surface area (Å²) < 4.78 is 18.8. The summed E-state index contributed by atoms with van der Waals surface area (Å²) in [5.74, 6) is 3.56. The Bertz CT molecular complexity index is 1250. The molecule has 0 bridgehead atoms. The van der Waals surface area contributed by atoms with Crippen LogP contribution in [-0.4, -0.2) is 39.6 Å². The molecule has 4 heterocycles. The van der Waals surface area contributed by atoms with E-state index in [1.165, 1.54) is 18.0 Å². The first-order valence-corrected chi connectivity index (χ1v) is 12.6. The van der Waals surface area contributed by atoms with Gasteiger partial charge in [0.2, 0.25) is 12.7 Å². The first-order valence-electron chi connectivity index (χ1n) is 11.7. The van der Waals surface area contributed by atoms with Crippen molar-refractivity contribution in [1.29, 1.82) is 0 Å². The van der Waals surface area contributed by atoms with Crippen LogP contribution in [0.3, 0.4) is 0 Å². The molecule has 10 nitrogen and oxygen atoms in total. The summed E-state index contributed by atoms with van der Waals surface area (Å²) in [5.41, 5.74) is 7.51. The lowest BCUT2D eigenvalue weighted by Gasteiger charge is -2.16. The predicted molar refractivity (Wildman–Crippen MR) is 132 cm³/mol. The molecule has 5 rings (SSSR count). The van der Waals surface area contributed by atoms with Crippen LogP contribution in [0.1, 0.15) is 45.2 Å². The fourth-order valence-electron chi connectivity index (χ4n) is 4.22. The van der Waals surface area contributed by atoms with Crippen LogP contribution in [0.4, 0.5) is 5.82 Å². The molecule has 0 amide bonds. The average Bonchev–Trinajstić information content (AvgIpc) is 3.61. The number of benzene rings is 1. The average molecular weight is 497 g/mol. The van der Waals surface area contributed by atoms with Crippen molar-refractivity contribution >= 4 is 29.2 Å². The molecule has 0 fully saturated rings. The summed E-state index contributed by atoms with van der Waals surface area (Å²) in [7, 11) is 0. The minimum absolute atomic E-state index is 0.160. The number of hydrogen-bond acceptors (Lipinski definition) is 10. The number of hydrogen-bond donors (Lipinski definition) is 2. The number of aliphatic imine (C=N–C) groups is 1. The third-order valence-corrected chi connectivity index (χ3v) is 7.35. The number of imidazole rings is 1. The highest BCUT2D eigenvalue weighted by Crippen LogP contribution is 2.44. The van der Waals surface area contributed by atoms with Crippen LogP contribution in [0.5, 0.6) is 11.5 Å². The van der Waals surface area contributed by atoms with Crippen molar-refractivity contribution < 1.29 is 18.7 Å². The zero-order valence-corrected chi connectivity index (χ0v) is 20.6. The van der Waals surface area contributed by atoms with Gasteiger partial charge in [0.25, 0.3) is 0 Å². The second kappa shape index (κ2) is 10.0. The van der Waals surface area contributed by atoms with Crippen LogP contribution in [0, 0.1) is 5.92 Å². The standard InChI is InChI=1S/C24H28N6O4S/c1-3-14(4-2)9-15(31)5-7-30-22-20(21(25)27-12-28-22)29-24(30)35-19-11-18-17(33-13-34-18)10-16(19)23-26-6-8-32-23/h6,8,10-11,14,28H,3-5,7,9,12-13H2,1-2H3,(H2,25,27). The molecular weight excluding hydrogens is 468 g/mol. The van der Waals surface area contributed by atoms with Gasteiger partial charge in [0, 0.05) is 24.3 Å². The number of amidine groups is 1. The zero-order chi connectivity index (χ0) is 24.4. The Morgan fingerprint density at radius 1 is 1.26 bits per heavy atom. The van der Waals surface area contributed by atoms with E-state index in [1.807, 2.05) is 16.7 Å². The number of carbonyl (C=O) groups excluding carboxylic acids is 1. The molecule has 0 radical (unpaired) electrons. The number of Topliss-reactive ketones (excluding diaryl/α,β-unsaturated/α-hetero) is 1. The third kappa shape index (κ3) is 4.72. The van der Waals surface area contributed by atoms with E-state index in [9.17, 15) is 4.79 Å². The summed E-state index contributed by atoms with van der Waals surface area (Å²) >= 11 is 1.43. The van der Waals surface area contributed by atoms with Crippen LogP contribution in [0.15, 0.2) is 44.1 Å². The molecule has 0 atom stereocenters. The van der Waals surface area contributed by atoms with Crippen molar-refractivity contribution in [3.8, 4) is 23.0 Å². The van der Waals surface area contributed by atoms with E-state index in [0.29, 0.717) is 66.0 Å². The highest BCUT2D eigenvalue weighted by atomic mass is 32.2. The van der Waals surface area contributed by atoms with Gasteiger partial charge in [-0.3, -0.25) is 4.79 Å². The maximum absolute atomic E-state index is 12.7. The van der Waals surface area contributed by atoms with Crippen molar-refractivity contribution in [2.75, 3.05) is 18.8 Å². The van der Waals surface area contributed by atoms with Crippen molar-refractivity contribution in [1.82, 2.24) is 14.5 Å². The Morgan fingerprint density at radius 3 is 2.80 bits per heavy atom. The Labute approximate surface area is 207 Å². The van der Waals surface area contributed by atoms with E-state index < -0.39 is 0 Å². The fourth-order valence-corrected chi connectivity index (χ4v) is 5.27. The normalized spacial score (nSPS) is 14.1. The minimum atomic E-state index is 0.160. The van der Waals surface area contributed by atoms with E-state index in [-0.39, 0.29) is 12.6 Å². The topological polar surface area (TPSA) is 130 Å². The molecule has 3 N–H and O–H groups in total. The Hall–Kier alpha value is -3.47. The summed E-state index contributed by atoms with van der Waals surface area (Å²) in [6.07, 6.45) is 6.15. The number of oxazole rings is 1. The van der Waals surface area contributed by atoms with E-state index >= 15 is 0 Å². The summed E-state index contributed by atoms with van der Waals surface area (Å²) in [6.45, 7) is 5.27. The number of ketones is 1. The van der Waals surface area contributed by atoms with Gasteiger partial charge < -0.3 is 29.5 Å². The smallest absolute Gasteiger partial charge is 0.231 e. The molecule has 0 spiro atoms. The Balaban J connectivity index is 1.48. The lowest BCUT2D eigenvalue weighted by molar-refractivity contribution is -0.120. The second-order valence-electron chi connectivity index (χ2n) is 8.44. The van der Waals surface area contributed by atoms with Gasteiger partial charge in [-0.15, -0.1) is 0 Å². The number of nitrogens with zero attached hydrogens (tertiary/aromatic N) is 4. The van der Waals surface area contributed by atoms with Gasteiger partial charge in [0.05, 0.1) is 11.8 Å². The third-order valence-electron chi connectivity index (χ3n) is 6.30. The molecule has 0 unspecified atom stereocenters. The first-order chi connectivity index (χ1) is 17.1. The monoisotopic (exact) mass is 496 g/mol. The molecule has 0 saturated carbocycles. The molecule has 2 aromatic heterocycles. The maximum atomic E-state index is 12.7. The van der Waals surface area contributed by atoms with Crippen molar-refractivity contribution in [2.24, 2.45) is 16.6 Å². The number of carbonyl (C=O) groups is 1. The molecule has 1 aromatic carbocycles. The van der Waals surface area contributed by atoms with E-state index in [1.54, 1.807) is 6.20 Å². The van der Waals surface area contributed by atoms with Gasteiger partial charge in [0.15, 0.2) is 16.7 Å². The van der Waals surface area contributed by atoms with Gasteiger partial charge in [-0.1, -0.05) is 38.5 Å². The number of anilines is 1. The number of rotatable bonds is 10. The summed E-state index contributed by atoms with van der Waals surface area (Å²) in [4.78, 5) is 26.9. The molecule has 35 heavy (non-hydrogen) atoms. The molecular formula is C24H28N6O4S. The molecule has 0 saturated heterocycles. The van der Waals surface area contributed by atoms with E-state index in [4.69, 9.17) is 24.6 Å². The highest BCUT2D eigenvalue weighted by molar-refractivity contribution is 7.99. The molecule has 0 aliphatic carbocycles. The molecule has 2 aliphatic heterocycles. The lowest BCUT2D eigenvalue weighted by Crippen LogP contribution is -2.24. The van der Waals surface area contributed by atoms with Crippen molar-refractivity contribution in [2.45, 2.75) is 56.1 Å². The Kier molecular flexibility index (Phi) is 6.67. The Morgan fingerprint density at radius 2 is 2.06 bits per heavy atom. The number of nitrogens with two attached hydrogens (primary N) is 1. The van der Waals surface area contributed by atoms with Crippen LogP contribution < -0.4 is 20.5 Å². The molecule has 11 heteroatoms. The first kappa shape index (κ1) is 23.3. The predicted octanol–water partition coefficient (Wildman–Crippen LogP) is 4.29. The van der Waals surface area contributed by atoms with Crippen LogP contribution in [0.2, 0.25) is 0 Å². The number of nitrogens with one attached hydrogen (secondary N) is 1. The quantitative estimate of drug-likeness (QED) is 0.422. The number of ether oxygens (including phenoxy) is 2. The zero-order valence-electron chi connectivity index (χ0n) is 19.7. The molecule has 2 aliphatic rings. The molecule has 3 aromatic rings. The SMILES string of the molecule is CCC(CC)CC(=O)CCn1c(Sc2cc3c(cc2-c2ncco2)OCO3)nc2c1NCN=C2N. The van der Waals surface area contributed by atoms with Crippen LogP contribution >= 0.6 is 11.8 Å².